The zero-order valence-electron chi connectivity index (χ0n) is 11.7. The first kappa shape index (κ1) is 12.9. The summed E-state index contributed by atoms with van der Waals surface area (Å²) < 4.78 is 5.08. The Morgan fingerprint density at radius 3 is 2.63 bits per heavy atom. The van der Waals surface area contributed by atoms with Gasteiger partial charge < -0.3 is 9.84 Å². The van der Waals surface area contributed by atoms with E-state index in [1.165, 1.54) is 0 Å². The highest BCUT2D eigenvalue weighted by Gasteiger charge is 2.59. The average Bonchev–Trinajstić information content (AvgIpc) is 2.73. The lowest BCUT2D eigenvalue weighted by atomic mass is 9.49. The smallest absolute Gasteiger partial charge is 0.335 e. The van der Waals surface area contributed by atoms with Crippen LogP contribution in [0.2, 0.25) is 0 Å². The van der Waals surface area contributed by atoms with E-state index in [1.54, 1.807) is 0 Å². The SMILES string of the molecule is CC1(C)[C@H]2CC(=O)C3=C(C(=O)OC3)[C@@]2(C)CC[C@@H]1O. The minimum Gasteiger partial charge on any atom is -0.457 e. The van der Waals surface area contributed by atoms with Crippen LogP contribution in [0, 0.1) is 16.7 Å². The number of rotatable bonds is 0. The zero-order chi connectivity index (χ0) is 14.0. The van der Waals surface area contributed by atoms with Gasteiger partial charge in [-0.15, -0.1) is 0 Å². The van der Waals surface area contributed by atoms with Gasteiger partial charge in [-0.3, -0.25) is 4.79 Å². The van der Waals surface area contributed by atoms with Gasteiger partial charge in [-0.25, -0.2) is 4.79 Å². The molecule has 0 bridgehead atoms. The van der Waals surface area contributed by atoms with Crippen molar-refractivity contribution in [1.29, 1.82) is 0 Å². The second-order valence-corrected chi connectivity index (χ2v) is 6.90. The van der Waals surface area contributed by atoms with Crippen molar-refractivity contribution < 1.29 is 19.4 Å². The van der Waals surface area contributed by atoms with Crippen LogP contribution < -0.4 is 0 Å². The lowest BCUT2D eigenvalue weighted by molar-refractivity contribution is -0.141. The van der Waals surface area contributed by atoms with Crippen LogP contribution in [0.1, 0.15) is 40.0 Å². The molecule has 3 atom stereocenters. The molecule has 0 aromatic carbocycles. The maximum absolute atomic E-state index is 12.2. The fourth-order valence-electron chi connectivity index (χ4n) is 4.34. The standard InChI is InChI=1S/C15H20O4/c1-14(2)10-6-9(16)8-7-19-13(18)12(8)15(10,3)5-4-11(14)17/h10-11,17H,4-7H2,1-3H3/t10-,11+,15+/m1/s1. The van der Waals surface area contributed by atoms with Gasteiger partial charge >= 0.3 is 5.97 Å². The first-order valence-electron chi connectivity index (χ1n) is 6.90. The lowest BCUT2D eigenvalue weighted by Gasteiger charge is -2.54. The fourth-order valence-corrected chi connectivity index (χ4v) is 4.34. The van der Waals surface area contributed by atoms with Crippen LogP contribution in [0.5, 0.6) is 0 Å². The molecule has 4 heteroatoms. The third kappa shape index (κ3) is 1.49. The predicted molar refractivity (Wildman–Crippen MR) is 68.2 cm³/mol. The van der Waals surface area contributed by atoms with Crippen molar-refractivity contribution in [3.8, 4) is 0 Å². The molecule has 0 aromatic heterocycles. The number of ether oxygens (including phenoxy) is 1. The minimum absolute atomic E-state index is 0.000602. The molecule has 2 aliphatic carbocycles. The van der Waals surface area contributed by atoms with E-state index < -0.39 is 6.10 Å². The number of cyclic esters (lactones) is 1. The van der Waals surface area contributed by atoms with Crippen LogP contribution in [0.25, 0.3) is 0 Å². The molecule has 0 radical (unpaired) electrons. The predicted octanol–water partition coefficient (Wildman–Crippen LogP) is 1.62. The summed E-state index contributed by atoms with van der Waals surface area (Å²) in [6.45, 7) is 6.19. The third-order valence-electron chi connectivity index (χ3n) is 5.61. The van der Waals surface area contributed by atoms with Crippen molar-refractivity contribution in [3.05, 3.63) is 11.1 Å². The number of hydrogen-bond donors (Lipinski definition) is 1. The number of ketones is 1. The number of Topliss-reactive ketones (excluding diaryl/α,β-unsaturated/α-hetero) is 1. The summed E-state index contributed by atoms with van der Waals surface area (Å²) in [6, 6.07) is 0. The number of aliphatic hydroxyl groups excluding tert-OH is 1. The number of hydrogen-bond acceptors (Lipinski definition) is 4. The van der Waals surface area contributed by atoms with Gasteiger partial charge in [0.15, 0.2) is 5.78 Å². The first-order valence-corrected chi connectivity index (χ1v) is 6.90. The van der Waals surface area contributed by atoms with Gasteiger partial charge in [0.2, 0.25) is 0 Å². The molecule has 1 heterocycles. The van der Waals surface area contributed by atoms with E-state index in [0.29, 0.717) is 24.0 Å². The van der Waals surface area contributed by atoms with Gasteiger partial charge in [-0.2, -0.15) is 0 Å². The third-order valence-corrected chi connectivity index (χ3v) is 5.61. The molecular formula is C15H20O4. The van der Waals surface area contributed by atoms with E-state index in [4.69, 9.17) is 4.74 Å². The van der Waals surface area contributed by atoms with Crippen LogP contribution in [-0.2, 0) is 14.3 Å². The number of esters is 1. The monoisotopic (exact) mass is 264 g/mol. The fraction of sp³-hybridized carbons (Fsp3) is 0.733. The van der Waals surface area contributed by atoms with Gasteiger partial charge in [-0.1, -0.05) is 20.8 Å². The highest BCUT2D eigenvalue weighted by molar-refractivity contribution is 6.09. The number of carbonyl (C=O) groups is 2. The number of carbonyl (C=O) groups excluding carboxylic acids is 2. The average molecular weight is 264 g/mol. The Kier molecular flexibility index (Phi) is 2.50. The van der Waals surface area contributed by atoms with E-state index in [9.17, 15) is 14.7 Å². The molecule has 3 rings (SSSR count). The maximum Gasteiger partial charge on any atom is 0.335 e. The normalized spacial score (nSPS) is 40.8. The number of aliphatic hydroxyl groups is 1. The molecule has 0 saturated heterocycles. The van der Waals surface area contributed by atoms with Gasteiger partial charge in [0.1, 0.15) is 6.61 Å². The molecule has 1 N–H and O–H groups in total. The van der Waals surface area contributed by atoms with Crippen molar-refractivity contribution in [2.45, 2.75) is 46.1 Å². The minimum atomic E-state index is -0.419. The van der Waals surface area contributed by atoms with E-state index in [2.05, 4.69) is 6.92 Å². The molecule has 0 aromatic rings. The quantitative estimate of drug-likeness (QED) is 0.675. The lowest BCUT2D eigenvalue weighted by Crippen LogP contribution is -2.53. The van der Waals surface area contributed by atoms with Crippen LogP contribution in [-0.4, -0.2) is 29.6 Å². The summed E-state index contributed by atoms with van der Waals surface area (Å²) in [5.41, 5.74) is 0.480. The Balaban J connectivity index is 2.15. The van der Waals surface area contributed by atoms with Crippen LogP contribution in [0.15, 0.2) is 11.1 Å². The first-order chi connectivity index (χ1) is 8.78. The molecule has 1 fully saturated rings. The molecule has 0 spiro atoms. The van der Waals surface area contributed by atoms with Gasteiger partial charge in [0.25, 0.3) is 0 Å². The Labute approximate surface area is 112 Å². The zero-order valence-corrected chi connectivity index (χ0v) is 11.7. The van der Waals surface area contributed by atoms with Crippen molar-refractivity contribution in [2.24, 2.45) is 16.7 Å². The summed E-state index contributed by atoms with van der Waals surface area (Å²) in [4.78, 5) is 24.3. The van der Waals surface area contributed by atoms with Gasteiger partial charge in [-0.05, 0) is 24.2 Å². The topological polar surface area (TPSA) is 63.6 Å². The molecule has 3 aliphatic rings. The number of fused-ring (bicyclic) bond motifs is 2. The molecule has 4 nitrogen and oxygen atoms in total. The van der Waals surface area contributed by atoms with E-state index >= 15 is 0 Å². The molecular weight excluding hydrogens is 244 g/mol. The molecule has 0 amide bonds. The Bertz CT molecular complexity index is 502. The van der Waals surface area contributed by atoms with Crippen molar-refractivity contribution in [1.82, 2.24) is 0 Å². The maximum atomic E-state index is 12.2. The van der Waals surface area contributed by atoms with Crippen LogP contribution in [0.4, 0.5) is 0 Å². The summed E-state index contributed by atoms with van der Waals surface area (Å²) in [6.07, 6.45) is 1.40. The second-order valence-electron chi connectivity index (χ2n) is 6.90. The molecule has 1 aliphatic heterocycles. The molecule has 104 valence electrons. The largest absolute Gasteiger partial charge is 0.457 e. The van der Waals surface area contributed by atoms with E-state index in [0.717, 1.165) is 6.42 Å². The summed E-state index contributed by atoms with van der Waals surface area (Å²) >= 11 is 0. The molecule has 19 heavy (non-hydrogen) atoms. The highest BCUT2D eigenvalue weighted by Crippen LogP contribution is 2.59. The highest BCUT2D eigenvalue weighted by atomic mass is 16.5. The van der Waals surface area contributed by atoms with Crippen LogP contribution >= 0.6 is 0 Å². The van der Waals surface area contributed by atoms with Gasteiger partial charge in [0, 0.05) is 17.4 Å². The summed E-state index contributed by atoms with van der Waals surface area (Å²) in [5.74, 6) is -0.311. The summed E-state index contributed by atoms with van der Waals surface area (Å²) in [5, 5.41) is 10.2. The Morgan fingerprint density at radius 1 is 1.26 bits per heavy atom. The molecule has 1 saturated carbocycles. The Morgan fingerprint density at radius 2 is 1.95 bits per heavy atom. The Hall–Kier alpha value is -1.16. The van der Waals surface area contributed by atoms with Crippen molar-refractivity contribution in [3.63, 3.8) is 0 Å². The van der Waals surface area contributed by atoms with Crippen molar-refractivity contribution in [2.75, 3.05) is 6.61 Å². The summed E-state index contributed by atoms with van der Waals surface area (Å²) in [7, 11) is 0. The van der Waals surface area contributed by atoms with Gasteiger partial charge in [0.05, 0.1) is 11.7 Å². The second kappa shape index (κ2) is 3.69. The van der Waals surface area contributed by atoms with Crippen molar-refractivity contribution >= 4 is 11.8 Å². The van der Waals surface area contributed by atoms with E-state index in [-0.39, 0.29) is 35.1 Å². The molecule has 0 unspecified atom stereocenters. The van der Waals surface area contributed by atoms with E-state index in [1.807, 2.05) is 13.8 Å². The van der Waals surface area contributed by atoms with Crippen LogP contribution in [0.3, 0.4) is 0 Å².